The Morgan fingerprint density at radius 2 is 2.00 bits per heavy atom. The number of carbonyl (C=O) groups excluding carboxylic acids is 3. The lowest BCUT2D eigenvalue weighted by Crippen LogP contribution is -2.31. The van der Waals surface area contributed by atoms with Gasteiger partial charge in [-0.05, 0) is 18.4 Å². The molecule has 3 rings (SSSR count). The molecular weight excluding hydrogens is 368 g/mol. The van der Waals surface area contributed by atoms with Crippen LogP contribution in [0.3, 0.4) is 0 Å². The molecule has 3 amide bonds. The number of carbonyl (C=O) groups is 3. The van der Waals surface area contributed by atoms with Gasteiger partial charge < -0.3 is 19.5 Å². The number of rotatable bonds is 4. The van der Waals surface area contributed by atoms with Crippen molar-refractivity contribution >= 4 is 45.6 Å². The predicted molar refractivity (Wildman–Crippen MR) is 92.1 cm³/mol. The van der Waals surface area contributed by atoms with Crippen LogP contribution in [0.4, 0.5) is 9.80 Å². The first-order valence-electron chi connectivity index (χ1n) is 7.34. The fourth-order valence-electron chi connectivity index (χ4n) is 2.09. The lowest BCUT2D eigenvalue weighted by molar-refractivity contribution is 0.0926. The molecule has 1 aliphatic rings. The average Bonchev–Trinajstić information content (AvgIpc) is 3.21. The summed E-state index contributed by atoms with van der Waals surface area (Å²) in [6.45, 7) is 2.59. The van der Waals surface area contributed by atoms with Crippen LogP contribution in [-0.4, -0.2) is 37.7 Å². The lowest BCUT2D eigenvalue weighted by Gasteiger charge is -2.15. The van der Waals surface area contributed by atoms with Crippen LogP contribution in [-0.2, 0) is 4.74 Å². The highest BCUT2D eigenvalue weighted by molar-refractivity contribution is 7.15. The summed E-state index contributed by atoms with van der Waals surface area (Å²) in [6, 6.07) is 1.51. The largest absolute Gasteiger partial charge is 0.485 e. The van der Waals surface area contributed by atoms with E-state index in [1.165, 1.54) is 28.7 Å². The highest BCUT2D eigenvalue weighted by Crippen LogP contribution is 2.39. The van der Waals surface area contributed by atoms with E-state index >= 15 is 0 Å². The third kappa shape index (κ3) is 3.74. The number of thiophene rings is 2. The van der Waals surface area contributed by atoms with Crippen molar-refractivity contribution in [2.75, 3.05) is 25.1 Å². The number of amides is 3. The van der Waals surface area contributed by atoms with Crippen molar-refractivity contribution in [1.82, 2.24) is 5.32 Å². The van der Waals surface area contributed by atoms with Gasteiger partial charge in [-0.3, -0.25) is 14.9 Å². The summed E-state index contributed by atoms with van der Waals surface area (Å²) in [5.41, 5.74) is 0.175. The maximum atomic E-state index is 12.5. The minimum atomic E-state index is -0.839. The second-order valence-corrected chi connectivity index (χ2v) is 6.54. The normalized spacial score (nSPS) is 12.4. The Hall–Kier alpha value is -2.59. The Labute approximate surface area is 150 Å². The number of fused-ring (bicyclic) bond motifs is 1. The molecule has 25 heavy (non-hydrogen) atoms. The van der Waals surface area contributed by atoms with E-state index in [-0.39, 0.29) is 12.2 Å². The molecule has 0 saturated carbocycles. The molecule has 3 heterocycles. The molecule has 2 N–H and O–H groups in total. The van der Waals surface area contributed by atoms with E-state index in [1.807, 2.05) is 0 Å². The van der Waals surface area contributed by atoms with Gasteiger partial charge in [-0.2, -0.15) is 0 Å². The first kappa shape index (κ1) is 17.2. The minimum Gasteiger partial charge on any atom is -0.485 e. The van der Waals surface area contributed by atoms with E-state index in [4.69, 9.17) is 9.47 Å². The van der Waals surface area contributed by atoms with Gasteiger partial charge in [0.2, 0.25) is 0 Å². The summed E-state index contributed by atoms with van der Waals surface area (Å²) in [5.74, 6) is -0.122. The van der Waals surface area contributed by atoms with Gasteiger partial charge in [-0.15, -0.1) is 22.7 Å². The first-order valence-corrected chi connectivity index (χ1v) is 9.10. The van der Waals surface area contributed by atoms with Crippen LogP contribution in [0.25, 0.3) is 0 Å². The summed E-state index contributed by atoms with van der Waals surface area (Å²) in [6.07, 6.45) is -0.839. The highest BCUT2D eigenvalue weighted by Gasteiger charge is 2.25. The highest BCUT2D eigenvalue weighted by atomic mass is 32.1. The van der Waals surface area contributed by atoms with Gasteiger partial charge in [0.05, 0.1) is 12.2 Å². The third-order valence-electron chi connectivity index (χ3n) is 3.14. The molecule has 2 aromatic heterocycles. The predicted octanol–water partition coefficient (Wildman–Crippen LogP) is 2.72. The number of imide groups is 1. The number of ether oxygens (including phenoxy) is 3. The first-order chi connectivity index (χ1) is 12.1. The van der Waals surface area contributed by atoms with E-state index in [1.54, 1.807) is 17.7 Å². The second kappa shape index (κ2) is 7.53. The van der Waals surface area contributed by atoms with Gasteiger partial charge in [-0.1, -0.05) is 0 Å². The smallest absolute Gasteiger partial charge is 0.414 e. The van der Waals surface area contributed by atoms with Gasteiger partial charge in [0.1, 0.15) is 23.1 Å². The maximum Gasteiger partial charge on any atom is 0.414 e. The number of hydrogen-bond donors (Lipinski definition) is 2. The number of nitrogens with one attached hydrogen (secondary N) is 2. The standard InChI is InChI=1S/C15H14N2O6S2/c1-2-21-15(20)17-12(18)8-3-6-24-14(8)16-13(19)11-10-9(7-25-11)22-4-5-23-10/h3,6-7H,2,4-5H2,1H3,(H,16,19)(H,17,18,20). The molecule has 8 nitrogen and oxygen atoms in total. The maximum absolute atomic E-state index is 12.5. The summed E-state index contributed by atoms with van der Waals surface area (Å²) in [7, 11) is 0. The van der Waals surface area contributed by atoms with Gasteiger partial charge in [-0.25, -0.2) is 4.79 Å². The van der Waals surface area contributed by atoms with Crippen LogP contribution in [0.2, 0.25) is 0 Å². The Balaban J connectivity index is 1.73. The summed E-state index contributed by atoms with van der Waals surface area (Å²) >= 11 is 2.36. The fourth-order valence-corrected chi connectivity index (χ4v) is 3.70. The zero-order valence-electron chi connectivity index (χ0n) is 13.1. The van der Waals surface area contributed by atoms with Crippen LogP contribution in [0.5, 0.6) is 11.5 Å². The van der Waals surface area contributed by atoms with Gasteiger partial charge in [0.15, 0.2) is 11.5 Å². The minimum absolute atomic E-state index is 0.151. The third-order valence-corrected chi connectivity index (χ3v) is 4.90. The molecule has 2 aromatic rings. The average molecular weight is 382 g/mol. The van der Waals surface area contributed by atoms with E-state index in [0.717, 1.165) is 0 Å². The molecule has 1 aliphatic heterocycles. The molecular formula is C15H14N2O6S2. The number of alkyl carbamates (subject to hydrolysis) is 1. The summed E-state index contributed by atoms with van der Waals surface area (Å²) in [4.78, 5) is 36.3. The SMILES string of the molecule is CCOC(=O)NC(=O)c1ccsc1NC(=O)c1scc2c1OCCO2. The zero-order chi connectivity index (χ0) is 17.8. The quantitative estimate of drug-likeness (QED) is 0.843. The van der Waals surface area contributed by atoms with Gasteiger partial charge >= 0.3 is 6.09 Å². The van der Waals surface area contributed by atoms with Gasteiger partial charge in [0, 0.05) is 5.38 Å². The molecule has 10 heteroatoms. The monoisotopic (exact) mass is 382 g/mol. The molecule has 0 fully saturated rings. The molecule has 0 spiro atoms. The van der Waals surface area contributed by atoms with Crippen LogP contribution >= 0.6 is 22.7 Å². The molecule has 132 valence electrons. The molecule has 0 atom stereocenters. The van der Waals surface area contributed by atoms with Crippen LogP contribution < -0.4 is 20.1 Å². The van der Waals surface area contributed by atoms with Gasteiger partial charge in [0.25, 0.3) is 11.8 Å². The van der Waals surface area contributed by atoms with Crippen LogP contribution in [0.1, 0.15) is 27.0 Å². The van der Waals surface area contributed by atoms with Crippen molar-refractivity contribution < 1.29 is 28.6 Å². The van der Waals surface area contributed by atoms with Crippen LogP contribution in [0.15, 0.2) is 16.8 Å². The fraction of sp³-hybridized carbons (Fsp3) is 0.267. The van der Waals surface area contributed by atoms with Crippen molar-refractivity contribution in [3.8, 4) is 11.5 Å². The Morgan fingerprint density at radius 1 is 1.20 bits per heavy atom. The Morgan fingerprint density at radius 3 is 2.80 bits per heavy atom. The number of hydrogen-bond acceptors (Lipinski definition) is 8. The van der Waals surface area contributed by atoms with E-state index < -0.39 is 17.9 Å². The summed E-state index contributed by atoms with van der Waals surface area (Å²) in [5, 5.41) is 8.43. The molecule has 0 bridgehead atoms. The van der Waals surface area contributed by atoms with E-state index in [2.05, 4.69) is 15.4 Å². The van der Waals surface area contributed by atoms with Crippen molar-refractivity contribution in [3.05, 3.63) is 27.3 Å². The zero-order valence-corrected chi connectivity index (χ0v) is 14.8. The van der Waals surface area contributed by atoms with Crippen molar-refractivity contribution in [2.24, 2.45) is 0 Å². The lowest BCUT2D eigenvalue weighted by atomic mass is 10.3. The molecule has 0 aromatic carbocycles. The van der Waals surface area contributed by atoms with E-state index in [9.17, 15) is 14.4 Å². The topological polar surface area (TPSA) is 103 Å². The molecule has 0 unspecified atom stereocenters. The second-order valence-electron chi connectivity index (χ2n) is 4.75. The Bertz CT molecular complexity index is 813. The Kier molecular flexibility index (Phi) is 5.19. The van der Waals surface area contributed by atoms with Crippen molar-refractivity contribution in [1.29, 1.82) is 0 Å². The van der Waals surface area contributed by atoms with Crippen molar-refractivity contribution in [3.63, 3.8) is 0 Å². The van der Waals surface area contributed by atoms with Crippen molar-refractivity contribution in [2.45, 2.75) is 6.92 Å². The molecule has 0 radical (unpaired) electrons. The molecule has 0 aliphatic carbocycles. The summed E-state index contributed by atoms with van der Waals surface area (Å²) < 4.78 is 15.6. The molecule has 0 saturated heterocycles. The van der Waals surface area contributed by atoms with E-state index in [0.29, 0.717) is 34.6 Å². The van der Waals surface area contributed by atoms with Crippen LogP contribution in [0, 0.1) is 0 Å². The number of anilines is 1.